The first-order chi connectivity index (χ1) is 7.76. The molecule has 0 fully saturated rings. The normalized spacial score (nSPS) is 18.9. The molecule has 0 aliphatic carbocycles. The summed E-state index contributed by atoms with van der Waals surface area (Å²) in [7, 11) is -0.877. The summed E-state index contributed by atoms with van der Waals surface area (Å²) in [6, 6.07) is 5.79. The molecule has 0 saturated carbocycles. The summed E-state index contributed by atoms with van der Waals surface area (Å²) in [5.41, 5.74) is 7.31. The second-order valence-corrected chi connectivity index (χ2v) is 4.74. The van der Waals surface area contributed by atoms with E-state index >= 15 is 0 Å². The SMILES string of the molecule is NCC1OB(O)c2cc(SCCO)ccc21. The highest BCUT2D eigenvalue weighted by Gasteiger charge is 2.34. The number of aliphatic hydroxyl groups excluding tert-OH is 1. The van der Waals surface area contributed by atoms with Crippen molar-refractivity contribution in [2.24, 2.45) is 5.73 Å². The number of hydrogen-bond donors (Lipinski definition) is 3. The summed E-state index contributed by atoms with van der Waals surface area (Å²) in [6.07, 6.45) is -0.207. The van der Waals surface area contributed by atoms with Gasteiger partial charge in [-0.15, -0.1) is 11.8 Å². The van der Waals surface area contributed by atoms with Gasteiger partial charge in [-0.1, -0.05) is 6.07 Å². The van der Waals surface area contributed by atoms with Crippen LogP contribution in [0.5, 0.6) is 0 Å². The van der Waals surface area contributed by atoms with E-state index < -0.39 is 7.12 Å². The molecule has 0 amide bonds. The van der Waals surface area contributed by atoms with Crippen LogP contribution in [-0.2, 0) is 4.65 Å². The molecule has 6 heteroatoms. The Labute approximate surface area is 98.9 Å². The van der Waals surface area contributed by atoms with Gasteiger partial charge in [0.1, 0.15) is 0 Å². The van der Waals surface area contributed by atoms with Gasteiger partial charge in [0.05, 0.1) is 12.7 Å². The van der Waals surface area contributed by atoms with Gasteiger partial charge >= 0.3 is 7.12 Å². The van der Waals surface area contributed by atoms with Crippen LogP contribution in [0.2, 0.25) is 0 Å². The van der Waals surface area contributed by atoms with E-state index in [0.717, 1.165) is 15.9 Å². The zero-order chi connectivity index (χ0) is 11.5. The molecule has 1 heterocycles. The number of rotatable bonds is 4. The standard InChI is InChI=1S/C10H14BNO3S/c12-6-10-8-2-1-7(16-4-3-13)5-9(8)11(14)15-10/h1-2,5,10,13-14H,3-4,6,12H2. The Morgan fingerprint density at radius 3 is 3.00 bits per heavy atom. The molecule has 0 aromatic heterocycles. The molecule has 1 aromatic carbocycles. The molecule has 16 heavy (non-hydrogen) atoms. The van der Waals surface area contributed by atoms with Crippen LogP contribution >= 0.6 is 11.8 Å². The molecule has 1 unspecified atom stereocenters. The summed E-state index contributed by atoms with van der Waals surface area (Å²) in [6.45, 7) is 0.513. The first-order valence-corrected chi connectivity index (χ1v) is 6.16. The number of hydrogen-bond acceptors (Lipinski definition) is 5. The lowest BCUT2D eigenvalue weighted by Gasteiger charge is -2.08. The second-order valence-electron chi connectivity index (χ2n) is 3.58. The average molecular weight is 239 g/mol. The fourth-order valence-corrected chi connectivity index (χ4v) is 2.50. The van der Waals surface area contributed by atoms with Crippen LogP contribution in [0.3, 0.4) is 0 Å². The van der Waals surface area contributed by atoms with E-state index in [1.807, 2.05) is 18.2 Å². The van der Waals surface area contributed by atoms with E-state index in [0.29, 0.717) is 12.3 Å². The molecule has 1 atom stereocenters. The van der Waals surface area contributed by atoms with Crippen molar-refractivity contribution in [3.8, 4) is 0 Å². The molecule has 1 aliphatic rings. The van der Waals surface area contributed by atoms with Crippen LogP contribution in [0.4, 0.5) is 0 Å². The van der Waals surface area contributed by atoms with Gasteiger partial charge in [0.2, 0.25) is 0 Å². The summed E-state index contributed by atoms with van der Waals surface area (Å²) in [4.78, 5) is 1.02. The van der Waals surface area contributed by atoms with E-state index in [-0.39, 0.29) is 12.7 Å². The van der Waals surface area contributed by atoms with Crippen LogP contribution in [0.1, 0.15) is 11.7 Å². The van der Waals surface area contributed by atoms with Gasteiger partial charge in [-0.2, -0.15) is 0 Å². The van der Waals surface area contributed by atoms with Gasteiger partial charge in [-0.25, -0.2) is 0 Å². The molecular formula is C10H14BNO3S. The summed E-state index contributed by atoms with van der Waals surface area (Å²) in [5.74, 6) is 0.649. The molecule has 4 N–H and O–H groups in total. The fraction of sp³-hybridized carbons (Fsp3) is 0.400. The Morgan fingerprint density at radius 2 is 2.31 bits per heavy atom. The molecule has 0 radical (unpaired) electrons. The number of aliphatic hydroxyl groups is 1. The third kappa shape index (κ3) is 2.26. The first kappa shape index (κ1) is 11.9. The molecule has 0 bridgehead atoms. The maximum atomic E-state index is 9.70. The van der Waals surface area contributed by atoms with Crippen molar-refractivity contribution in [2.45, 2.75) is 11.0 Å². The van der Waals surface area contributed by atoms with E-state index in [2.05, 4.69) is 0 Å². The largest absolute Gasteiger partial charge is 0.492 e. The van der Waals surface area contributed by atoms with Crippen LogP contribution < -0.4 is 11.2 Å². The topological polar surface area (TPSA) is 75.7 Å². The molecule has 0 spiro atoms. The van der Waals surface area contributed by atoms with Gasteiger partial charge in [0.25, 0.3) is 0 Å². The third-order valence-electron chi connectivity index (χ3n) is 2.54. The molecular weight excluding hydrogens is 225 g/mol. The summed E-state index contributed by atoms with van der Waals surface area (Å²) >= 11 is 1.55. The van der Waals surface area contributed by atoms with Gasteiger partial charge in [0.15, 0.2) is 0 Å². The quantitative estimate of drug-likeness (QED) is 0.487. The second kappa shape index (κ2) is 5.20. The maximum Gasteiger partial charge on any atom is 0.492 e. The highest BCUT2D eigenvalue weighted by Crippen LogP contribution is 2.25. The molecule has 86 valence electrons. The van der Waals surface area contributed by atoms with Crippen molar-refractivity contribution in [3.63, 3.8) is 0 Å². The lowest BCUT2D eigenvalue weighted by molar-refractivity contribution is 0.198. The average Bonchev–Trinajstić information content (AvgIpc) is 2.63. The van der Waals surface area contributed by atoms with E-state index in [4.69, 9.17) is 15.5 Å². The summed E-state index contributed by atoms with van der Waals surface area (Å²) < 4.78 is 5.31. The molecule has 1 aliphatic heterocycles. The van der Waals surface area contributed by atoms with Crippen molar-refractivity contribution < 1.29 is 14.8 Å². The molecule has 1 aromatic rings. The Hall–Kier alpha value is -0.525. The van der Waals surface area contributed by atoms with Crippen molar-refractivity contribution >= 4 is 24.3 Å². The lowest BCUT2D eigenvalue weighted by atomic mass is 9.79. The minimum Gasteiger partial charge on any atom is -0.423 e. The Balaban J connectivity index is 2.22. The highest BCUT2D eigenvalue weighted by atomic mass is 32.2. The number of nitrogens with two attached hydrogens (primary N) is 1. The van der Waals surface area contributed by atoms with Crippen LogP contribution in [0, 0.1) is 0 Å². The first-order valence-electron chi connectivity index (χ1n) is 5.17. The van der Waals surface area contributed by atoms with Crippen LogP contribution in [0.15, 0.2) is 23.1 Å². The monoisotopic (exact) mass is 239 g/mol. The fourth-order valence-electron chi connectivity index (χ4n) is 1.80. The Bertz CT molecular complexity index is 377. The third-order valence-corrected chi connectivity index (χ3v) is 3.51. The molecule has 0 saturated heterocycles. The van der Waals surface area contributed by atoms with E-state index in [9.17, 15) is 5.02 Å². The van der Waals surface area contributed by atoms with E-state index in [1.165, 1.54) is 0 Å². The van der Waals surface area contributed by atoms with Gasteiger partial charge in [-0.3, -0.25) is 0 Å². The van der Waals surface area contributed by atoms with Crippen LogP contribution in [-0.4, -0.2) is 36.2 Å². The predicted octanol–water partition coefficient (Wildman–Crippen LogP) is -0.512. The minimum absolute atomic E-state index is 0.145. The Kier molecular flexibility index (Phi) is 3.88. The number of benzene rings is 1. The zero-order valence-corrected chi connectivity index (χ0v) is 9.61. The van der Waals surface area contributed by atoms with Gasteiger partial charge < -0.3 is 20.5 Å². The zero-order valence-electron chi connectivity index (χ0n) is 8.80. The number of thioether (sulfide) groups is 1. The maximum absolute atomic E-state index is 9.70. The van der Waals surface area contributed by atoms with Crippen molar-refractivity contribution in [1.29, 1.82) is 0 Å². The Morgan fingerprint density at radius 1 is 1.50 bits per heavy atom. The van der Waals surface area contributed by atoms with E-state index in [1.54, 1.807) is 11.8 Å². The highest BCUT2D eigenvalue weighted by molar-refractivity contribution is 7.99. The summed E-state index contributed by atoms with van der Waals surface area (Å²) in [5, 5.41) is 18.4. The van der Waals surface area contributed by atoms with Crippen molar-refractivity contribution in [3.05, 3.63) is 23.8 Å². The predicted molar refractivity (Wildman–Crippen MR) is 64.7 cm³/mol. The molecule has 4 nitrogen and oxygen atoms in total. The van der Waals surface area contributed by atoms with Crippen molar-refractivity contribution in [2.75, 3.05) is 18.9 Å². The van der Waals surface area contributed by atoms with Gasteiger partial charge in [-0.05, 0) is 23.2 Å². The van der Waals surface area contributed by atoms with Crippen LogP contribution in [0.25, 0.3) is 0 Å². The minimum atomic E-state index is -0.877. The van der Waals surface area contributed by atoms with Crippen molar-refractivity contribution in [1.82, 2.24) is 0 Å². The molecule has 2 rings (SSSR count). The van der Waals surface area contributed by atoms with Gasteiger partial charge in [0, 0.05) is 17.2 Å². The smallest absolute Gasteiger partial charge is 0.423 e. The lowest BCUT2D eigenvalue weighted by Crippen LogP contribution is -2.28. The number of fused-ring (bicyclic) bond motifs is 1.